The number of carbonyl (C=O) groups is 3. The molecule has 4 aliphatic rings. The van der Waals surface area contributed by atoms with Crippen LogP contribution in [0, 0.1) is 22.2 Å². The highest BCUT2D eigenvalue weighted by atomic mass is 16.2. The van der Waals surface area contributed by atoms with E-state index in [4.69, 9.17) is 0 Å². The summed E-state index contributed by atoms with van der Waals surface area (Å²) in [5.74, 6) is 0.220. The highest BCUT2D eigenvalue weighted by molar-refractivity contribution is 5.92. The normalized spacial score (nSPS) is 41.9. The lowest BCUT2D eigenvalue weighted by atomic mass is 9.39. The Morgan fingerprint density at radius 3 is 1.18 bits per heavy atom. The molecule has 0 aromatic rings. The number of carbonyl (C=O) groups excluding carboxylic acids is 3. The van der Waals surface area contributed by atoms with Crippen molar-refractivity contribution >= 4 is 17.7 Å². The van der Waals surface area contributed by atoms with Crippen LogP contribution in [0.25, 0.3) is 0 Å². The van der Waals surface area contributed by atoms with Gasteiger partial charge in [-0.05, 0) is 44.4 Å². The van der Waals surface area contributed by atoms with E-state index in [1.165, 1.54) is 0 Å². The van der Waals surface area contributed by atoms with Gasteiger partial charge in [-0.3, -0.25) is 14.4 Å². The molecule has 4 aliphatic carbocycles. The second-order valence-corrected chi connectivity index (χ2v) is 7.59. The maximum atomic E-state index is 12.6. The first-order valence-electron chi connectivity index (χ1n) is 8.02. The topological polar surface area (TPSA) is 87.3 Å². The van der Waals surface area contributed by atoms with Gasteiger partial charge in [-0.2, -0.15) is 0 Å². The van der Waals surface area contributed by atoms with E-state index in [0.29, 0.717) is 19.3 Å². The second-order valence-electron chi connectivity index (χ2n) is 7.59. The molecule has 4 rings (SSSR count). The van der Waals surface area contributed by atoms with Crippen molar-refractivity contribution in [1.82, 2.24) is 16.0 Å². The molecule has 0 spiro atoms. The zero-order valence-electron chi connectivity index (χ0n) is 13.5. The van der Waals surface area contributed by atoms with Crippen molar-refractivity contribution in [3.8, 4) is 0 Å². The van der Waals surface area contributed by atoms with E-state index < -0.39 is 16.2 Å². The molecule has 4 bridgehead atoms. The minimum atomic E-state index is -0.576. The van der Waals surface area contributed by atoms with Gasteiger partial charge in [0.25, 0.3) is 0 Å². The zero-order valence-corrected chi connectivity index (χ0v) is 13.5. The predicted molar refractivity (Wildman–Crippen MR) is 80.7 cm³/mol. The predicted octanol–water partition coefficient (Wildman–Crippen LogP) is 0.181. The van der Waals surface area contributed by atoms with Crippen LogP contribution in [0.5, 0.6) is 0 Å². The molecule has 3 N–H and O–H groups in total. The quantitative estimate of drug-likeness (QED) is 0.695. The minimum Gasteiger partial charge on any atom is -0.359 e. The number of amides is 3. The van der Waals surface area contributed by atoms with E-state index in [0.717, 1.165) is 19.3 Å². The van der Waals surface area contributed by atoms with Crippen LogP contribution in [-0.4, -0.2) is 38.9 Å². The molecule has 22 heavy (non-hydrogen) atoms. The Balaban J connectivity index is 2.09. The third kappa shape index (κ3) is 1.82. The summed E-state index contributed by atoms with van der Waals surface area (Å²) in [5.41, 5.74) is -1.73. The molecule has 0 aromatic heterocycles. The van der Waals surface area contributed by atoms with Crippen molar-refractivity contribution in [2.75, 3.05) is 21.1 Å². The molecular weight excluding hydrogens is 282 g/mol. The average molecular weight is 307 g/mol. The van der Waals surface area contributed by atoms with Crippen LogP contribution in [0.15, 0.2) is 0 Å². The highest BCUT2D eigenvalue weighted by Gasteiger charge is 2.69. The van der Waals surface area contributed by atoms with Gasteiger partial charge in [0.15, 0.2) is 0 Å². The smallest absolute Gasteiger partial charge is 0.226 e. The lowest BCUT2D eigenvalue weighted by molar-refractivity contribution is -0.187. The van der Waals surface area contributed by atoms with Crippen molar-refractivity contribution in [3.63, 3.8) is 0 Å². The van der Waals surface area contributed by atoms with E-state index >= 15 is 0 Å². The third-order valence-electron chi connectivity index (χ3n) is 6.19. The van der Waals surface area contributed by atoms with Gasteiger partial charge in [-0.1, -0.05) is 0 Å². The average Bonchev–Trinajstić information content (AvgIpc) is 2.50. The highest BCUT2D eigenvalue weighted by Crippen LogP contribution is 2.69. The fourth-order valence-electron chi connectivity index (χ4n) is 5.99. The van der Waals surface area contributed by atoms with Gasteiger partial charge in [0.2, 0.25) is 17.7 Å². The molecule has 0 unspecified atom stereocenters. The Labute approximate surface area is 130 Å². The maximum absolute atomic E-state index is 12.6. The van der Waals surface area contributed by atoms with Gasteiger partial charge in [0, 0.05) is 21.1 Å². The summed E-state index contributed by atoms with van der Waals surface area (Å²) < 4.78 is 0. The van der Waals surface area contributed by atoms with Gasteiger partial charge in [-0.25, -0.2) is 0 Å². The van der Waals surface area contributed by atoms with E-state index in [1.807, 2.05) is 0 Å². The molecule has 6 nitrogen and oxygen atoms in total. The summed E-state index contributed by atoms with van der Waals surface area (Å²) in [6.07, 6.45) is 4.08. The van der Waals surface area contributed by atoms with Crippen LogP contribution in [0.4, 0.5) is 0 Å². The van der Waals surface area contributed by atoms with E-state index in [2.05, 4.69) is 16.0 Å². The van der Waals surface area contributed by atoms with Crippen LogP contribution < -0.4 is 16.0 Å². The molecule has 0 aromatic carbocycles. The van der Waals surface area contributed by atoms with Crippen molar-refractivity contribution in [2.24, 2.45) is 22.2 Å². The molecule has 4 saturated carbocycles. The largest absolute Gasteiger partial charge is 0.359 e. The van der Waals surface area contributed by atoms with E-state index in [1.54, 1.807) is 21.1 Å². The monoisotopic (exact) mass is 307 g/mol. The molecule has 0 radical (unpaired) electrons. The number of nitrogens with one attached hydrogen (secondary N) is 3. The second kappa shape index (κ2) is 4.70. The van der Waals surface area contributed by atoms with Gasteiger partial charge < -0.3 is 16.0 Å². The van der Waals surface area contributed by atoms with Gasteiger partial charge in [0.05, 0.1) is 16.2 Å². The van der Waals surface area contributed by atoms with Crippen LogP contribution >= 0.6 is 0 Å². The van der Waals surface area contributed by atoms with E-state index in [9.17, 15) is 14.4 Å². The van der Waals surface area contributed by atoms with Gasteiger partial charge in [-0.15, -0.1) is 0 Å². The fraction of sp³-hybridized carbons (Fsp3) is 0.812. The third-order valence-corrected chi connectivity index (χ3v) is 6.19. The first kappa shape index (κ1) is 15.3. The van der Waals surface area contributed by atoms with Crippen LogP contribution in [0.1, 0.15) is 38.5 Å². The lowest BCUT2D eigenvalue weighted by Crippen LogP contribution is -2.66. The van der Waals surface area contributed by atoms with Crippen molar-refractivity contribution < 1.29 is 14.4 Å². The Kier molecular flexibility index (Phi) is 3.27. The number of rotatable bonds is 3. The number of hydrogen-bond acceptors (Lipinski definition) is 3. The summed E-state index contributed by atoms with van der Waals surface area (Å²) in [6.45, 7) is 0. The Morgan fingerprint density at radius 1 is 0.682 bits per heavy atom. The maximum Gasteiger partial charge on any atom is 0.226 e. The standard InChI is InChI=1S/C16H25N3O3/c1-17-11(20)14-4-10-5-15(7-14,12(21)18-2)9-16(6-10,8-14)13(22)19-3/h10H,4-9H2,1-3H3,(H,17,20)(H,18,21)(H,19,22). The van der Waals surface area contributed by atoms with Gasteiger partial charge in [0.1, 0.15) is 0 Å². The first-order chi connectivity index (χ1) is 10.4. The summed E-state index contributed by atoms with van der Waals surface area (Å²) in [5, 5.41) is 8.30. The SMILES string of the molecule is CNC(=O)C12CC3CC(C(=O)NC)(C1)CC(C(=O)NC)(C3)C2. The lowest BCUT2D eigenvalue weighted by Gasteiger charge is -2.64. The fourth-order valence-corrected chi connectivity index (χ4v) is 5.99. The molecule has 0 heterocycles. The van der Waals surface area contributed by atoms with Crippen molar-refractivity contribution in [3.05, 3.63) is 0 Å². The molecule has 3 amide bonds. The summed E-state index contributed by atoms with van der Waals surface area (Å²) >= 11 is 0. The molecule has 6 heteroatoms. The van der Waals surface area contributed by atoms with Crippen LogP contribution in [0.3, 0.4) is 0 Å². The molecule has 0 saturated heterocycles. The number of hydrogen-bond donors (Lipinski definition) is 3. The molecule has 0 aliphatic heterocycles. The summed E-state index contributed by atoms with van der Waals surface area (Å²) in [4.78, 5) is 37.8. The van der Waals surface area contributed by atoms with Crippen molar-refractivity contribution in [1.29, 1.82) is 0 Å². The van der Waals surface area contributed by atoms with Crippen LogP contribution in [-0.2, 0) is 14.4 Å². The minimum absolute atomic E-state index is 0.0156. The molecule has 0 atom stereocenters. The molecular formula is C16H25N3O3. The molecule has 122 valence electrons. The Hall–Kier alpha value is -1.59. The van der Waals surface area contributed by atoms with Gasteiger partial charge >= 0.3 is 0 Å². The Morgan fingerprint density at radius 2 is 0.955 bits per heavy atom. The van der Waals surface area contributed by atoms with E-state index in [-0.39, 0.29) is 23.6 Å². The van der Waals surface area contributed by atoms with Crippen LogP contribution in [0.2, 0.25) is 0 Å². The van der Waals surface area contributed by atoms with Crippen molar-refractivity contribution in [2.45, 2.75) is 38.5 Å². The molecule has 4 fully saturated rings. The first-order valence-corrected chi connectivity index (χ1v) is 8.02. The Bertz CT molecular complexity index is 461. The summed E-state index contributed by atoms with van der Waals surface area (Å²) in [6, 6.07) is 0. The zero-order chi connectivity index (χ0) is 16.2. The summed E-state index contributed by atoms with van der Waals surface area (Å²) in [7, 11) is 4.92.